The molecular formula is C17H29NO. The summed E-state index contributed by atoms with van der Waals surface area (Å²) in [6, 6.07) is 0. The predicted molar refractivity (Wildman–Crippen MR) is 77.2 cm³/mol. The van der Waals surface area contributed by atoms with Gasteiger partial charge in [0.15, 0.2) is 0 Å². The van der Waals surface area contributed by atoms with Crippen molar-refractivity contribution in [2.24, 2.45) is 11.3 Å². The Hall–Kier alpha value is -0.0800. The van der Waals surface area contributed by atoms with E-state index in [1.54, 1.807) is 0 Å². The maximum Gasteiger partial charge on any atom is 0.0687 e. The minimum absolute atomic E-state index is 0.332. The van der Waals surface area contributed by atoms with Crippen molar-refractivity contribution >= 4 is 0 Å². The normalized spacial score (nSPS) is 36.9. The summed E-state index contributed by atoms with van der Waals surface area (Å²) in [6.07, 6.45) is 16.1. The highest BCUT2D eigenvalue weighted by Gasteiger charge is 2.49. The van der Waals surface area contributed by atoms with Gasteiger partial charge >= 0.3 is 0 Å². The molecule has 4 fully saturated rings. The molecular weight excluding hydrogens is 234 g/mol. The second-order valence-electron chi connectivity index (χ2n) is 7.82. The molecule has 2 heterocycles. The molecule has 4 aliphatic rings. The maximum atomic E-state index is 6.57. The molecule has 2 saturated carbocycles. The molecule has 1 N–H and O–H groups in total. The van der Waals surface area contributed by atoms with Crippen LogP contribution in [0.5, 0.6) is 0 Å². The van der Waals surface area contributed by atoms with Crippen molar-refractivity contribution in [2.45, 2.75) is 82.3 Å². The van der Waals surface area contributed by atoms with Crippen molar-refractivity contribution in [3.05, 3.63) is 0 Å². The third-order valence-corrected chi connectivity index (χ3v) is 6.66. The Balaban J connectivity index is 1.40. The predicted octanol–water partition coefficient (Wildman–Crippen LogP) is 3.65. The monoisotopic (exact) mass is 263 g/mol. The van der Waals surface area contributed by atoms with Gasteiger partial charge in [-0.2, -0.15) is 0 Å². The first-order valence-electron chi connectivity index (χ1n) is 8.69. The Bertz CT molecular complexity index is 324. The van der Waals surface area contributed by atoms with Crippen LogP contribution < -0.4 is 5.32 Å². The van der Waals surface area contributed by atoms with Gasteiger partial charge in [0.25, 0.3) is 0 Å². The molecule has 0 radical (unpaired) electrons. The van der Waals surface area contributed by atoms with Crippen LogP contribution in [0.3, 0.4) is 0 Å². The van der Waals surface area contributed by atoms with Gasteiger partial charge in [-0.1, -0.05) is 25.7 Å². The van der Waals surface area contributed by atoms with Crippen LogP contribution in [-0.4, -0.2) is 24.8 Å². The summed E-state index contributed by atoms with van der Waals surface area (Å²) in [5, 5.41) is 3.56. The van der Waals surface area contributed by atoms with E-state index < -0.39 is 0 Å². The summed E-state index contributed by atoms with van der Waals surface area (Å²) < 4.78 is 6.57. The van der Waals surface area contributed by atoms with Gasteiger partial charge < -0.3 is 10.1 Å². The Kier molecular flexibility index (Phi) is 3.15. The van der Waals surface area contributed by atoms with E-state index in [1.165, 1.54) is 83.7 Å². The fraction of sp³-hybridized carbons (Fsp3) is 1.00. The SMILES string of the molecule is C1CCC(C2(CC3CCC4(CCCC4)O3)CNC2)C1. The second kappa shape index (κ2) is 4.73. The summed E-state index contributed by atoms with van der Waals surface area (Å²) in [6.45, 7) is 2.54. The Morgan fingerprint density at radius 3 is 2.26 bits per heavy atom. The third-order valence-electron chi connectivity index (χ3n) is 6.66. The zero-order valence-electron chi connectivity index (χ0n) is 12.3. The molecule has 2 saturated heterocycles. The lowest BCUT2D eigenvalue weighted by molar-refractivity contribution is -0.0707. The van der Waals surface area contributed by atoms with Crippen LogP contribution in [0, 0.1) is 11.3 Å². The Labute approximate surface area is 117 Å². The molecule has 19 heavy (non-hydrogen) atoms. The van der Waals surface area contributed by atoms with Gasteiger partial charge in [0.1, 0.15) is 0 Å². The summed E-state index contributed by atoms with van der Waals surface area (Å²) >= 11 is 0. The van der Waals surface area contributed by atoms with E-state index >= 15 is 0 Å². The molecule has 0 bridgehead atoms. The first-order chi connectivity index (χ1) is 9.30. The van der Waals surface area contributed by atoms with Crippen molar-refractivity contribution in [1.29, 1.82) is 0 Å². The largest absolute Gasteiger partial charge is 0.372 e. The molecule has 2 aliphatic carbocycles. The molecule has 0 aromatic heterocycles. The molecule has 0 amide bonds. The summed E-state index contributed by atoms with van der Waals surface area (Å²) in [5.74, 6) is 0.998. The average Bonchev–Trinajstić information content (AvgIpc) is 3.08. The topological polar surface area (TPSA) is 21.3 Å². The zero-order valence-corrected chi connectivity index (χ0v) is 12.3. The van der Waals surface area contributed by atoms with Crippen molar-refractivity contribution < 1.29 is 4.74 Å². The van der Waals surface area contributed by atoms with Gasteiger partial charge in [0, 0.05) is 18.5 Å². The number of ether oxygens (including phenoxy) is 1. The maximum absolute atomic E-state index is 6.57. The molecule has 2 heteroatoms. The Morgan fingerprint density at radius 2 is 1.63 bits per heavy atom. The number of nitrogens with one attached hydrogen (secondary N) is 1. The average molecular weight is 263 g/mol. The lowest BCUT2D eigenvalue weighted by atomic mass is 9.66. The Morgan fingerprint density at radius 1 is 0.895 bits per heavy atom. The van der Waals surface area contributed by atoms with Crippen LogP contribution in [0.2, 0.25) is 0 Å². The first kappa shape index (κ1) is 12.6. The van der Waals surface area contributed by atoms with E-state index in [9.17, 15) is 0 Å². The quantitative estimate of drug-likeness (QED) is 0.839. The van der Waals surface area contributed by atoms with E-state index in [4.69, 9.17) is 4.74 Å². The summed E-state index contributed by atoms with van der Waals surface area (Å²) in [5.41, 5.74) is 0.948. The molecule has 1 spiro atoms. The van der Waals surface area contributed by atoms with Gasteiger partial charge in [-0.3, -0.25) is 0 Å². The summed E-state index contributed by atoms with van der Waals surface area (Å²) in [7, 11) is 0. The minimum Gasteiger partial charge on any atom is -0.372 e. The molecule has 1 unspecified atom stereocenters. The van der Waals surface area contributed by atoms with Crippen LogP contribution in [0.1, 0.15) is 70.6 Å². The van der Waals surface area contributed by atoms with Gasteiger partial charge in [-0.25, -0.2) is 0 Å². The number of hydrogen-bond donors (Lipinski definition) is 1. The fourth-order valence-corrected chi connectivity index (χ4v) is 5.46. The van der Waals surface area contributed by atoms with Gasteiger partial charge in [-0.15, -0.1) is 0 Å². The lowest BCUT2D eigenvalue weighted by Crippen LogP contribution is -2.58. The second-order valence-corrected chi connectivity index (χ2v) is 7.82. The molecule has 2 nitrogen and oxygen atoms in total. The fourth-order valence-electron chi connectivity index (χ4n) is 5.46. The van der Waals surface area contributed by atoms with Crippen molar-refractivity contribution in [3.8, 4) is 0 Å². The van der Waals surface area contributed by atoms with E-state index in [0.29, 0.717) is 17.1 Å². The van der Waals surface area contributed by atoms with E-state index in [-0.39, 0.29) is 0 Å². The van der Waals surface area contributed by atoms with Gasteiger partial charge in [-0.05, 0) is 50.9 Å². The van der Waals surface area contributed by atoms with E-state index in [1.807, 2.05) is 0 Å². The standard InChI is InChI=1S/C17H29NO/c1-2-6-14(5-1)16(12-18-13-16)11-15-7-10-17(19-15)8-3-4-9-17/h14-15,18H,1-13H2. The minimum atomic E-state index is 0.332. The lowest BCUT2D eigenvalue weighted by Gasteiger charge is -2.49. The molecule has 0 aromatic carbocycles. The highest BCUT2D eigenvalue weighted by Crippen LogP contribution is 2.50. The molecule has 2 aliphatic heterocycles. The van der Waals surface area contributed by atoms with Crippen molar-refractivity contribution in [1.82, 2.24) is 5.32 Å². The first-order valence-corrected chi connectivity index (χ1v) is 8.69. The number of hydrogen-bond acceptors (Lipinski definition) is 2. The smallest absolute Gasteiger partial charge is 0.0687 e. The van der Waals surface area contributed by atoms with Crippen LogP contribution in [-0.2, 0) is 4.74 Å². The van der Waals surface area contributed by atoms with Gasteiger partial charge in [0.2, 0.25) is 0 Å². The van der Waals surface area contributed by atoms with Crippen LogP contribution in [0.15, 0.2) is 0 Å². The highest BCUT2D eigenvalue weighted by atomic mass is 16.5. The third kappa shape index (κ3) is 2.15. The summed E-state index contributed by atoms with van der Waals surface area (Å²) in [4.78, 5) is 0. The van der Waals surface area contributed by atoms with E-state index in [2.05, 4.69) is 5.32 Å². The zero-order chi connectivity index (χ0) is 12.8. The molecule has 1 atom stereocenters. The van der Waals surface area contributed by atoms with Gasteiger partial charge in [0.05, 0.1) is 11.7 Å². The van der Waals surface area contributed by atoms with Crippen LogP contribution >= 0.6 is 0 Å². The molecule has 0 aromatic rings. The van der Waals surface area contributed by atoms with E-state index in [0.717, 1.165) is 5.92 Å². The van der Waals surface area contributed by atoms with Crippen LogP contribution in [0.25, 0.3) is 0 Å². The number of rotatable bonds is 3. The molecule has 108 valence electrons. The van der Waals surface area contributed by atoms with Crippen LogP contribution in [0.4, 0.5) is 0 Å². The van der Waals surface area contributed by atoms with Crippen molar-refractivity contribution in [3.63, 3.8) is 0 Å². The molecule has 4 rings (SSSR count). The highest BCUT2D eigenvalue weighted by molar-refractivity contribution is 5.02. The van der Waals surface area contributed by atoms with Crippen molar-refractivity contribution in [2.75, 3.05) is 13.1 Å².